The summed E-state index contributed by atoms with van der Waals surface area (Å²) in [7, 11) is 0. The van der Waals surface area contributed by atoms with E-state index in [1.807, 2.05) is 48.5 Å². The van der Waals surface area contributed by atoms with Crippen LogP contribution in [0.4, 0.5) is 0 Å². The summed E-state index contributed by atoms with van der Waals surface area (Å²) >= 11 is 0. The second kappa shape index (κ2) is 6.18. The maximum atomic E-state index is 5.96. The van der Waals surface area contributed by atoms with Crippen LogP contribution in [-0.4, -0.2) is 9.97 Å². The van der Waals surface area contributed by atoms with Crippen molar-refractivity contribution in [3.63, 3.8) is 0 Å². The molecule has 2 heterocycles. The van der Waals surface area contributed by atoms with Crippen molar-refractivity contribution in [1.29, 1.82) is 0 Å². The Bertz CT molecular complexity index is 726. The lowest BCUT2D eigenvalue weighted by atomic mass is 10.1. The van der Waals surface area contributed by atoms with Gasteiger partial charge in [-0.2, -0.15) is 0 Å². The Morgan fingerprint density at radius 1 is 0.810 bits per heavy atom. The van der Waals surface area contributed by atoms with Crippen LogP contribution in [0.1, 0.15) is 12.5 Å². The Labute approximate surface area is 124 Å². The number of pyridine rings is 2. The second-order valence-corrected chi connectivity index (χ2v) is 4.63. The SMILES string of the molecule is CCc1cccnc1-c1ncccc1Oc1ccccc1. The Kier molecular flexibility index (Phi) is 3.92. The number of aryl methyl sites for hydroxylation is 1. The molecule has 0 aliphatic heterocycles. The molecule has 0 fully saturated rings. The van der Waals surface area contributed by atoms with Gasteiger partial charge in [0.05, 0.1) is 5.69 Å². The lowest BCUT2D eigenvalue weighted by molar-refractivity contribution is 0.482. The number of aromatic nitrogens is 2. The van der Waals surface area contributed by atoms with Crippen LogP contribution in [0.2, 0.25) is 0 Å². The third kappa shape index (κ3) is 2.92. The third-order valence-electron chi connectivity index (χ3n) is 3.24. The van der Waals surface area contributed by atoms with Crippen molar-refractivity contribution in [3.8, 4) is 22.9 Å². The van der Waals surface area contributed by atoms with Gasteiger partial charge in [-0.3, -0.25) is 9.97 Å². The van der Waals surface area contributed by atoms with Gasteiger partial charge < -0.3 is 4.74 Å². The molecule has 1 aromatic carbocycles. The molecule has 21 heavy (non-hydrogen) atoms. The molecule has 0 aliphatic rings. The second-order valence-electron chi connectivity index (χ2n) is 4.63. The quantitative estimate of drug-likeness (QED) is 0.703. The van der Waals surface area contributed by atoms with Gasteiger partial charge in [-0.05, 0) is 42.3 Å². The minimum atomic E-state index is 0.720. The fourth-order valence-corrected chi connectivity index (χ4v) is 2.20. The average Bonchev–Trinajstić information content (AvgIpc) is 2.56. The van der Waals surface area contributed by atoms with Gasteiger partial charge in [0.25, 0.3) is 0 Å². The van der Waals surface area contributed by atoms with Crippen LogP contribution in [0.5, 0.6) is 11.5 Å². The molecular formula is C18H16N2O. The largest absolute Gasteiger partial charge is 0.455 e. The summed E-state index contributed by atoms with van der Waals surface area (Å²) < 4.78 is 5.96. The molecule has 104 valence electrons. The predicted molar refractivity (Wildman–Crippen MR) is 83.4 cm³/mol. The van der Waals surface area contributed by atoms with Crippen molar-refractivity contribution in [3.05, 3.63) is 72.6 Å². The first-order valence-electron chi connectivity index (χ1n) is 7.00. The molecule has 0 unspecified atom stereocenters. The molecule has 0 N–H and O–H groups in total. The molecule has 3 heteroatoms. The zero-order chi connectivity index (χ0) is 14.5. The van der Waals surface area contributed by atoms with Crippen LogP contribution in [0.25, 0.3) is 11.4 Å². The van der Waals surface area contributed by atoms with Gasteiger partial charge in [-0.15, -0.1) is 0 Å². The monoisotopic (exact) mass is 276 g/mol. The topological polar surface area (TPSA) is 35.0 Å². The summed E-state index contributed by atoms with van der Waals surface area (Å²) in [6, 6.07) is 17.5. The highest BCUT2D eigenvalue weighted by Gasteiger charge is 2.12. The smallest absolute Gasteiger partial charge is 0.155 e. The van der Waals surface area contributed by atoms with Crippen molar-refractivity contribution in [1.82, 2.24) is 9.97 Å². The van der Waals surface area contributed by atoms with Crippen LogP contribution in [0.3, 0.4) is 0 Å². The summed E-state index contributed by atoms with van der Waals surface area (Å²) in [4.78, 5) is 8.95. The molecule has 0 bridgehead atoms. The molecule has 0 saturated carbocycles. The maximum Gasteiger partial charge on any atom is 0.155 e. The molecule has 0 atom stereocenters. The van der Waals surface area contributed by atoms with E-state index in [1.54, 1.807) is 12.4 Å². The van der Waals surface area contributed by atoms with E-state index in [0.29, 0.717) is 0 Å². The summed E-state index contributed by atoms with van der Waals surface area (Å²) in [6.07, 6.45) is 4.46. The fourth-order valence-electron chi connectivity index (χ4n) is 2.20. The minimum Gasteiger partial charge on any atom is -0.455 e. The Morgan fingerprint density at radius 2 is 1.52 bits per heavy atom. The van der Waals surface area contributed by atoms with Gasteiger partial charge in [-0.25, -0.2) is 0 Å². The number of rotatable bonds is 4. The molecule has 3 rings (SSSR count). The first-order chi connectivity index (χ1) is 10.4. The molecule has 0 radical (unpaired) electrons. The van der Waals surface area contributed by atoms with Crippen molar-refractivity contribution in [2.24, 2.45) is 0 Å². The summed E-state index contributed by atoms with van der Waals surface area (Å²) in [5.41, 5.74) is 2.82. The number of ether oxygens (including phenoxy) is 1. The first kappa shape index (κ1) is 13.3. The highest BCUT2D eigenvalue weighted by molar-refractivity contribution is 5.66. The fraction of sp³-hybridized carbons (Fsp3) is 0.111. The highest BCUT2D eigenvalue weighted by atomic mass is 16.5. The normalized spacial score (nSPS) is 10.3. The number of nitrogens with zero attached hydrogens (tertiary/aromatic N) is 2. The lowest BCUT2D eigenvalue weighted by Gasteiger charge is -2.11. The van der Waals surface area contributed by atoms with Gasteiger partial charge >= 0.3 is 0 Å². The summed E-state index contributed by atoms with van der Waals surface area (Å²) in [5.74, 6) is 1.51. The van der Waals surface area contributed by atoms with Crippen molar-refractivity contribution in [2.45, 2.75) is 13.3 Å². The number of benzene rings is 1. The van der Waals surface area contributed by atoms with E-state index in [-0.39, 0.29) is 0 Å². The molecule has 0 saturated heterocycles. The molecule has 3 nitrogen and oxygen atoms in total. The lowest BCUT2D eigenvalue weighted by Crippen LogP contribution is -1.96. The third-order valence-corrected chi connectivity index (χ3v) is 3.24. The van der Waals surface area contributed by atoms with E-state index in [1.165, 1.54) is 0 Å². The van der Waals surface area contributed by atoms with E-state index in [0.717, 1.165) is 34.9 Å². The van der Waals surface area contributed by atoms with Crippen LogP contribution < -0.4 is 4.74 Å². The van der Waals surface area contributed by atoms with Crippen LogP contribution in [-0.2, 0) is 6.42 Å². The first-order valence-corrected chi connectivity index (χ1v) is 7.00. The van der Waals surface area contributed by atoms with E-state index >= 15 is 0 Å². The van der Waals surface area contributed by atoms with Crippen LogP contribution in [0, 0.1) is 0 Å². The Hall–Kier alpha value is -2.68. The molecular weight excluding hydrogens is 260 g/mol. The summed E-state index contributed by atoms with van der Waals surface area (Å²) in [5, 5.41) is 0. The molecule has 2 aromatic heterocycles. The van der Waals surface area contributed by atoms with Gasteiger partial charge in [0.2, 0.25) is 0 Å². The number of hydrogen-bond donors (Lipinski definition) is 0. The standard InChI is InChI=1S/C18H16N2O/c1-2-14-8-6-12-19-17(14)18-16(11-7-13-20-18)21-15-9-4-3-5-10-15/h3-13H,2H2,1H3. The van der Waals surface area contributed by atoms with Gasteiger partial charge in [-0.1, -0.05) is 31.2 Å². The number of para-hydroxylation sites is 1. The van der Waals surface area contributed by atoms with E-state index < -0.39 is 0 Å². The molecule has 3 aromatic rings. The average molecular weight is 276 g/mol. The van der Waals surface area contributed by atoms with E-state index in [2.05, 4.69) is 23.0 Å². The molecule has 0 aliphatic carbocycles. The minimum absolute atomic E-state index is 0.720. The van der Waals surface area contributed by atoms with E-state index in [9.17, 15) is 0 Å². The zero-order valence-corrected chi connectivity index (χ0v) is 11.9. The van der Waals surface area contributed by atoms with E-state index in [4.69, 9.17) is 4.74 Å². The van der Waals surface area contributed by atoms with Crippen molar-refractivity contribution >= 4 is 0 Å². The van der Waals surface area contributed by atoms with Gasteiger partial charge in [0.1, 0.15) is 11.4 Å². The van der Waals surface area contributed by atoms with Gasteiger partial charge in [0, 0.05) is 12.4 Å². The highest BCUT2D eigenvalue weighted by Crippen LogP contribution is 2.31. The number of hydrogen-bond acceptors (Lipinski definition) is 3. The zero-order valence-electron chi connectivity index (χ0n) is 11.9. The molecule has 0 amide bonds. The van der Waals surface area contributed by atoms with Gasteiger partial charge in [0.15, 0.2) is 5.75 Å². The Morgan fingerprint density at radius 3 is 2.29 bits per heavy atom. The van der Waals surface area contributed by atoms with Crippen molar-refractivity contribution in [2.75, 3.05) is 0 Å². The summed E-state index contributed by atoms with van der Waals surface area (Å²) in [6.45, 7) is 2.11. The van der Waals surface area contributed by atoms with Crippen molar-refractivity contribution < 1.29 is 4.74 Å². The Balaban J connectivity index is 2.04. The van der Waals surface area contributed by atoms with Crippen LogP contribution >= 0.6 is 0 Å². The predicted octanol–water partition coefficient (Wildman–Crippen LogP) is 4.50. The van der Waals surface area contributed by atoms with Crippen LogP contribution in [0.15, 0.2) is 67.0 Å². The maximum absolute atomic E-state index is 5.96. The molecule has 0 spiro atoms.